The maximum atomic E-state index is 12.8. The molecular weight excluding hydrogens is 298 g/mol. The Kier molecular flexibility index (Phi) is 4.68. The van der Waals surface area contributed by atoms with Crippen LogP contribution in [-0.2, 0) is 4.79 Å². The van der Waals surface area contributed by atoms with Crippen molar-refractivity contribution in [2.24, 2.45) is 0 Å². The summed E-state index contributed by atoms with van der Waals surface area (Å²) in [6.07, 6.45) is 0.927. The topological polar surface area (TPSA) is 105 Å². The third-order valence-corrected chi connectivity index (χ3v) is 4.21. The molecule has 0 aliphatic carbocycles. The highest BCUT2D eigenvalue weighted by atomic mass is 16.5. The van der Waals surface area contributed by atoms with E-state index in [2.05, 4.69) is 15.5 Å². The van der Waals surface area contributed by atoms with Crippen LogP contribution >= 0.6 is 0 Å². The molecule has 124 valence electrons. The Bertz CT molecular complexity index is 747. The van der Waals surface area contributed by atoms with Crippen molar-refractivity contribution in [3.05, 3.63) is 23.0 Å². The monoisotopic (exact) mass is 319 g/mol. The lowest BCUT2D eigenvalue weighted by molar-refractivity contribution is -0.138. The third kappa shape index (κ3) is 3.33. The van der Waals surface area contributed by atoms with Crippen molar-refractivity contribution in [3.63, 3.8) is 0 Å². The van der Waals surface area contributed by atoms with Crippen LogP contribution in [0.4, 0.5) is 0 Å². The van der Waals surface area contributed by atoms with Gasteiger partial charge in [0.05, 0.1) is 28.6 Å². The number of amides is 1. The van der Waals surface area contributed by atoms with Crippen LogP contribution < -0.4 is 5.32 Å². The van der Waals surface area contributed by atoms with Gasteiger partial charge in [0, 0.05) is 5.69 Å². The van der Waals surface area contributed by atoms with Gasteiger partial charge in [0.1, 0.15) is 0 Å². The lowest BCUT2D eigenvalue weighted by Crippen LogP contribution is -2.49. The summed E-state index contributed by atoms with van der Waals surface area (Å²) < 4.78 is 5.13. The fourth-order valence-electron chi connectivity index (χ4n) is 2.72. The minimum atomic E-state index is -0.939. The van der Waals surface area contributed by atoms with Crippen molar-refractivity contribution >= 4 is 23.0 Å². The predicted octanol–water partition coefficient (Wildman–Crippen LogP) is 2.60. The smallest absolute Gasteiger partial charge is 0.305 e. The number of pyridine rings is 1. The van der Waals surface area contributed by atoms with Gasteiger partial charge in [-0.3, -0.25) is 9.59 Å². The molecule has 2 aromatic rings. The van der Waals surface area contributed by atoms with Crippen LogP contribution in [0.5, 0.6) is 0 Å². The van der Waals surface area contributed by atoms with Gasteiger partial charge in [-0.25, -0.2) is 4.98 Å². The highest BCUT2D eigenvalue weighted by Crippen LogP contribution is 2.25. The molecule has 0 aliphatic rings. The molecule has 1 amide bonds. The number of rotatable bonds is 6. The van der Waals surface area contributed by atoms with E-state index < -0.39 is 11.5 Å². The average molecular weight is 319 g/mol. The van der Waals surface area contributed by atoms with E-state index in [9.17, 15) is 9.59 Å². The predicted molar refractivity (Wildman–Crippen MR) is 84.3 cm³/mol. The number of carboxylic acids is 1. The molecule has 0 radical (unpaired) electrons. The minimum absolute atomic E-state index is 0.123. The molecule has 0 fully saturated rings. The average Bonchev–Trinajstić information content (AvgIpc) is 2.86. The largest absolute Gasteiger partial charge is 0.481 e. The molecule has 2 N–H and O–H groups in total. The number of carbonyl (C=O) groups is 2. The number of aromatic nitrogens is 2. The lowest BCUT2D eigenvalue weighted by atomic mass is 9.88. The summed E-state index contributed by atoms with van der Waals surface area (Å²) in [7, 11) is 0. The number of nitrogens with zero attached hydrogens (tertiary/aromatic N) is 2. The summed E-state index contributed by atoms with van der Waals surface area (Å²) in [6, 6.07) is 1.67. The molecular formula is C16H21N3O4. The second kappa shape index (κ2) is 6.36. The number of hydrogen-bond acceptors (Lipinski definition) is 5. The first kappa shape index (κ1) is 16.9. The maximum absolute atomic E-state index is 12.8. The minimum Gasteiger partial charge on any atom is -0.481 e. The van der Waals surface area contributed by atoms with Crippen LogP contribution in [0.1, 0.15) is 54.9 Å². The first-order valence-electron chi connectivity index (χ1n) is 7.60. The Balaban J connectivity index is 2.44. The van der Waals surface area contributed by atoms with Crippen LogP contribution in [0.2, 0.25) is 0 Å². The van der Waals surface area contributed by atoms with Gasteiger partial charge in [-0.2, -0.15) is 0 Å². The van der Waals surface area contributed by atoms with Crippen molar-refractivity contribution in [2.45, 2.75) is 52.5 Å². The van der Waals surface area contributed by atoms with E-state index in [0.717, 1.165) is 0 Å². The Morgan fingerprint density at radius 1 is 1.30 bits per heavy atom. The molecule has 0 spiro atoms. The number of carbonyl (C=O) groups excluding carboxylic acids is 1. The molecule has 2 aromatic heterocycles. The molecule has 0 saturated carbocycles. The normalized spacial score (nSPS) is 11.7. The fraction of sp³-hybridized carbons (Fsp3) is 0.500. The van der Waals surface area contributed by atoms with Gasteiger partial charge >= 0.3 is 5.97 Å². The summed E-state index contributed by atoms with van der Waals surface area (Å²) in [5.74, 6) is -1.28. The molecule has 0 aliphatic heterocycles. The van der Waals surface area contributed by atoms with Crippen molar-refractivity contribution < 1.29 is 19.2 Å². The van der Waals surface area contributed by atoms with E-state index in [-0.39, 0.29) is 12.3 Å². The van der Waals surface area contributed by atoms with Gasteiger partial charge in [-0.15, -0.1) is 0 Å². The van der Waals surface area contributed by atoms with E-state index in [4.69, 9.17) is 9.63 Å². The fourth-order valence-corrected chi connectivity index (χ4v) is 2.72. The SMILES string of the molecule is CCC(CC)(CC(=O)O)NC(=O)c1cc(C)nc2onc(C)c12. The molecule has 23 heavy (non-hydrogen) atoms. The highest BCUT2D eigenvalue weighted by Gasteiger charge is 2.32. The van der Waals surface area contributed by atoms with Crippen molar-refractivity contribution in [3.8, 4) is 0 Å². The zero-order chi connectivity index (χ0) is 17.2. The van der Waals surface area contributed by atoms with Gasteiger partial charge < -0.3 is 14.9 Å². The van der Waals surface area contributed by atoms with Crippen LogP contribution in [-0.4, -0.2) is 32.7 Å². The quantitative estimate of drug-likeness (QED) is 0.848. The van der Waals surface area contributed by atoms with Gasteiger partial charge in [0.15, 0.2) is 0 Å². The first-order chi connectivity index (χ1) is 10.8. The van der Waals surface area contributed by atoms with Crippen molar-refractivity contribution in [1.29, 1.82) is 0 Å². The molecule has 0 saturated heterocycles. The molecule has 7 heteroatoms. The number of hydrogen-bond donors (Lipinski definition) is 2. The van der Waals surface area contributed by atoms with Gasteiger partial charge in [0.25, 0.3) is 11.6 Å². The molecule has 2 rings (SSSR count). The Morgan fingerprint density at radius 3 is 2.52 bits per heavy atom. The summed E-state index contributed by atoms with van der Waals surface area (Å²) in [6.45, 7) is 7.23. The van der Waals surface area contributed by atoms with Crippen LogP contribution in [0.25, 0.3) is 11.1 Å². The van der Waals surface area contributed by atoms with Crippen LogP contribution in [0, 0.1) is 13.8 Å². The second-order valence-corrected chi connectivity index (χ2v) is 5.77. The number of aryl methyl sites for hydroxylation is 2. The molecule has 0 aromatic carbocycles. The number of carboxylic acid groups (broad SMARTS) is 1. The van der Waals surface area contributed by atoms with Gasteiger partial charge in [-0.1, -0.05) is 19.0 Å². The number of nitrogens with one attached hydrogen (secondary N) is 1. The first-order valence-corrected chi connectivity index (χ1v) is 7.60. The van der Waals surface area contributed by atoms with Gasteiger partial charge in [-0.05, 0) is 32.8 Å². The third-order valence-electron chi connectivity index (χ3n) is 4.21. The van der Waals surface area contributed by atoms with Crippen molar-refractivity contribution in [1.82, 2.24) is 15.5 Å². The molecule has 2 heterocycles. The standard InChI is InChI=1S/C16H21N3O4/c1-5-16(6-2,8-12(20)21)18-14(22)11-7-9(3)17-15-13(11)10(4)19-23-15/h7H,5-6,8H2,1-4H3,(H,18,22)(H,20,21). The summed E-state index contributed by atoms with van der Waals surface area (Å²) in [4.78, 5) is 28.1. The number of fused-ring (bicyclic) bond motifs is 1. The Hall–Kier alpha value is -2.44. The second-order valence-electron chi connectivity index (χ2n) is 5.77. The van der Waals surface area contributed by atoms with Crippen molar-refractivity contribution in [2.75, 3.05) is 0 Å². The number of aliphatic carboxylic acids is 1. The van der Waals surface area contributed by atoms with E-state index in [1.54, 1.807) is 19.9 Å². The van der Waals surface area contributed by atoms with Crippen LogP contribution in [0.15, 0.2) is 10.6 Å². The maximum Gasteiger partial charge on any atom is 0.305 e. The zero-order valence-corrected chi connectivity index (χ0v) is 13.8. The highest BCUT2D eigenvalue weighted by molar-refractivity contribution is 6.06. The van der Waals surface area contributed by atoms with E-state index in [1.165, 1.54) is 0 Å². The van der Waals surface area contributed by atoms with Crippen LogP contribution in [0.3, 0.4) is 0 Å². The van der Waals surface area contributed by atoms with Gasteiger partial charge in [0.2, 0.25) is 0 Å². The lowest BCUT2D eigenvalue weighted by Gasteiger charge is -2.31. The molecule has 0 unspecified atom stereocenters. The summed E-state index contributed by atoms with van der Waals surface area (Å²) in [5.41, 5.74) is 1.15. The molecule has 0 bridgehead atoms. The van der Waals surface area contributed by atoms with E-state index in [1.807, 2.05) is 13.8 Å². The Labute approximate surface area is 134 Å². The molecule has 0 atom stereocenters. The Morgan fingerprint density at radius 2 is 1.96 bits per heavy atom. The summed E-state index contributed by atoms with van der Waals surface area (Å²) >= 11 is 0. The summed E-state index contributed by atoms with van der Waals surface area (Å²) in [5, 5.41) is 16.4. The zero-order valence-electron chi connectivity index (χ0n) is 13.8. The molecule has 7 nitrogen and oxygen atoms in total. The van der Waals surface area contributed by atoms with E-state index in [0.29, 0.717) is 40.9 Å². The van der Waals surface area contributed by atoms with E-state index >= 15 is 0 Å².